The fraction of sp³-hybridized carbons (Fsp3) is 0.100. The van der Waals surface area contributed by atoms with E-state index in [2.05, 4.69) is 10.2 Å². The molecule has 8 heteroatoms. The Labute approximate surface area is 165 Å². The van der Waals surface area contributed by atoms with Gasteiger partial charge < -0.3 is 15.0 Å². The normalized spacial score (nSPS) is 18.6. The number of carbonyl (C=O) groups is 2. The van der Waals surface area contributed by atoms with Gasteiger partial charge in [0, 0.05) is 18.6 Å². The van der Waals surface area contributed by atoms with E-state index in [-0.39, 0.29) is 10.9 Å². The van der Waals surface area contributed by atoms with Gasteiger partial charge >= 0.3 is 0 Å². The zero-order valence-electron chi connectivity index (χ0n) is 14.6. The van der Waals surface area contributed by atoms with Crippen LogP contribution in [0.4, 0.5) is 5.69 Å². The molecule has 0 saturated carbocycles. The van der Waals surface area contributed by atoms with Gasteiger partial charge in [-0.1, -0.05) is 48.2 Å². The molecular formula is C20H16N3O4S-. The molecule has 0 aliphatic carbocycles. The number of carboxylic acid groups (broad SMARTS) is 1. The number of amidine groups is 1. The molecule has 2 aromatic rings. The summed E-state index contributed by atoms with van der Waals surface area (Å²) in [6, 6.07) is 15.6. The molecule has 7 nitrogen and oxygen atoms in total. The van der Waals surface area contributed by atoms with E-state index in [4.69, 9.17) is 0 Å². The molecule has 1 amide bonds. The van der Waals surface area contributed by atoms with Gasteiger partial charge in [0.05, 0.1) is 10.9 Å². The van der Waals surface area contributed by atoms with Crippen LogP contribution < -0.4 is 10.0 Å². The number of allylic oxidation sites excluding steroid dienone is 1. The monoisotopic (exact) mass is 394 g/mol. The van der Waals surface area contributed by atoms with Crippen molar-refractivity contribution < 1.29 is 19.8 Å². The highest BCUT2D eigenvalue weighted by Gasteiger charge is 2.39. The molecule has 0 radical (unpaired) electrons. The second kappa shape index (κ2) is 9.01. The lowest BCUT2D eigenvalue weighted by Gasteiger charge is -2.15. The number of carbonyl (C=O) groups excluding carboxylic acids is 2. The van der Waals surface area contributed by atoms with Crippen LogP contribution in [-0.4, -0.2) is 33.6 Å². The van der Waals surface area contributed by atoms with E-state index in [9.17, 15) is 19.8 Å². The van der Waals surface area contributed by atoms with E-state index in [1.54, 1.807) is 18.2 Å². The molecule has 1 fully saturated rings. The molecule has 3 rings (SSSR count). The van der Waals surface area contributed by atoms with Gasteiger partial charge in [0.15, 0.2) is 5.17 Å². The summed E-state index contributed by atoms with van der Waals surface area (Å²) in [7, 11) is 0. The van der Waals surface area contributed by atoms with Crippen LogP contribution >= 0.6 is 11.8 Å². The number of nitrogens with zero attached hydrogens (tertiary/aromatic N) is 3. The fourth-order valence-corrected chi connectivity index (χ4v) is 3.57. The number of aliphatic carboxylic acids is 1. The van der Waals surface area contributed by atoms with Gasteiger partial charge in [-0.25, -0.2) is 0 Å². The molecule has 0 bridgehead atoms. The Bertz CT molecular complexity index is 940. The van der Waals surface area contributed by atoms with Crippen LogP contribution in [0.1, 0.15) is 12.0 Å². The van der Waals surface area contributed by atoms with Crippen molar-refractivity contribution in [1.82, 2.24) is 0 Å². The minimum Gasteiger partial charge on any atom is -0.550 e. The minimum atomic E-state index is -1.31. The van der Waals surface area contributed by atoms with Gasteiger partial charge in [-0.05, 0) is 35.9 Å². The number of thioether (sulfide) groups is 1. The summed E-state index contributed by atoms with van der Waals surface area (Å²) in [5.74, 6) is -1.68. The minimum absolute atomic E-state index is 0.0527. The Morgan fingerprint density at radius 2 is 1.89 bits per heavy atom. The molecule has 2 aromatic carbocycles. The first-order chi connectivity index (χ1) is 13.5. The predicted molar refractivity (Wildman–Crippen MR) is 108 cm³/mol. The van der Waals surface area contributed by atoms with E-state index in [1.807, 2.05) is 36.4 Å². The molecule has 1 heterocycles. The Morgan fingerprint density at radius 1 is 1.18 bits per heavy atom. The largest absolute Gasteiger partial charge is 0.550 e. The number of carboxylic acids is 1. The zero-order chi connectivity index (χ0) is 19.9. The summed E-state index contributed by atoms with van der Waals surface area (Å²) in [4.78, 5) is 24.8. The molecule has 1 atom stereocenters. The number of anilines is 1. The quantitative estimate of drug-likeness (QED) is 0.596. The summed E-state index contributed by atoms with van der Waals surface area (Å²) in [6.45, 7) is 0. The Morgan fingerprint density at radius 3 is 2.57 bits per heavy atom. The van der Waals surface area contributed by atoms with Crippen LogP contribution in [0.5, 0.6) is 5.75 Å². The molecule has 0 spiro atoms. The van der Waals surface area contributed by atoms with E-state index in [0.717, 1.165) is 17.3 Å². The fourth-order valence-electron chi connectivity index (χ4n) is 2.50. The maximum atomic E-state index is 12.6. The second-order valence-electron chi connectivity index (χ2n) is 5.79. The van der Waals surface area contributed by atoms with Crippen molar-refractivity contribution in [3.8, 4) is 5.75 Å². The second-order valence-corrected chi connectivity index (χ2v) is 6.96. The molecule has 0 unspecified atom stereocenters. The number of phenols is 1. The number of aromatic hydroxyl groups is 1. The highest BCUT2D eigenvalue weighted by molar-refractivity contribution is 8.16. The molecule has 142 valence electrons. The van der Waals surface area contributed by atoms with Crippen LogP contribution in [-0.2, 0) is 9.59 Å². The Balaban J connectivity index is 1.80. The van der Waals surface area contributed by atoms with Crippen molar-refractivity contribution in [3.63, 3.8) is 0 Å². The van der Waals surface area contributed by atoms with Crippen molar-refractivity contribution in [1.29, 1.82) is 0 Å². The first-order valence-corrected chi connectivity index (χ1v) is 9.25. The summed E-state index contributed by atoms with van der Waals surface area (Å²) >= 11 is 1.01. The molecular weight excluding hydrogens is 378 g/mol. The van der Waals surface area contributed by atoms with Gasteiger partial charge in [0.2, 0.25) is 5.91 Å². The Kier molecular flexibility index (Phi) is 6.23. The Hall–Kier alpha value is -3.39. The smallest absolute Gasteiger partial charge is 0.247 e. The van der Waals surface area contributed by atoms with E-state index in [0.29, 0.717) is 5.69 Å². The number of benzene rings is 2. The molecule has 28 heavy (non-hydrogen) atoms. The highest BCUT2D eigenvalue weighted by atomic mass is 32.2. The van der Waals surface area contributed by atoms with Crippen molar-refractivity contribution in [3.05, 3.63) is 66.2 Å². The average Bonchev–Trinajstić information content (AvgIpc) is 2.98. The van der Waals surface area contributed by atoms with Crippen LogP contribution in [0.25, 0.3) is 6.08 Å². The molecule has 1 saturated heterocycles. The maximum Gasteiger partial charge on any atom is 0.247 e. The summed E-state index contributed by atoms with van der Waals surface area (Å²) in [5.41, 5.74) is 1.47. The van der Waals surface area contributed by atoms with Gasteiger partial charge in [-0.2, -0.15) is 5.10 Å². The van der Waals surface area contributed by atoms with Crippen LogP contribution in [0, 0.1) is 0 Å². The lowest BCUT2D eigenvalue weighted by molar-refractivity contribution is -0.305. The number of amides is 1. The van der Waals surface area contributed by atoms with E-state index in [1.165, 1.54) is 23.2 Å². The van der Waals surface area contributed by atoms with Gasteiger partial charge in [0.25, 0.3) is 0 Å². The molecule has 0 aromatic heterocycles. The van der Waals surface area contributed by atoms with Crippen LogP contribution in [0.15, 0.2) is 70.9 Å². The van der Waals surface area contributed by atoms with E-state index >= 15 is 0 Å². The molecule has 1 aliphatic heterocycles. The lowest BCUT2D eigenvalue weighted by Crippen LogP contribution is -2.35. The third kappa shape index (κ3) is 4.86. The zero-order valence-corrected chi connectivity index (χ0v) is 15.5. The average molecular weight is 394 g/mol. The first kappa shape index (κ1) is 19.4. The summed E-state index contributed by atoms with van der Waals surface area (Å²) in [5, 5.41) is 27.8. The van der Waals surface area contributed by atoms with Gasteiger partial charge in [-0.15, -0.1) is 5.10 Å². The number of hydrogen-bond donors (Lipinski definition) is 1. The predicted octanol–water partition coefficient (Wildman–Crippen LogP) is 2.04. The maximum absolute atomic E-state index is 12.6. The number of rotatable bonds is 6. The number of hydrogen-bond acceptors (Lipinski definition) is 7. The van der Waals surface area contributed by atoms with Crippen LogP contribution in [0.3, 0.4) is 0 Å². The van der Waals surface area contributed by atoms with Crippen molar-refractivity contribution in [2.45, 2.75) is 11.7 Å². The van der Waals surface area contributed by atoms with Gasteiger partial charge in [0.1, 0.15) is 5.75 Å². The number of phenolic OH excluding ortho intramolecular Hbond substituents is 1. The van der Waals surface area contributed by atoms with Crippen molar-refractivity contribution >= 4 is 46.8 Å². The third-order valence-corrected chi connectivity index (χ3v) is 4.91. The molecule has 1 N–H and O–H groups in total. The third-order valence-electron chi connectivity index (χ3n) is 3.78. The van der Waals surface area contributed by atoms with E-state index < -0.39 is 23.5 Å². The van der Waals surface area contributed by atoms with Crippen molar-refractivity contribution in [2.24, 2.45) is 10.2 Å². The lowest BCUT2D eigenvalue weighted by atomic mass is 10.2. The first-order valence-electron chi connectivity index (χ1n) is 8.37. The molecule has 1 aliphatic rings. The standard InChI is InChI=1S/C20H17N3O4S/c24-16-10-8-15(9-11-16)23-19(27)17(13-18(25)26)28-20(23)22-21-12-4-7-14-5-2-1-3-6-14/h1-12,17,24H,13H2,(H,25,26)/p-1/b7-4-,21-12+,22-20+/t17-/m0/s1. The highest BCUT2D eigenvalue weighted by Crippen LogP contribution is 2.34. The topological polar surface area (TPSA) is 105 Å². The SMILES string of the molecule is O=C([O-])C[C@@H]1S/C(=N/N=C/C=C\c2ccccc2)N(c2ccc(O)cc2)C1=O. The van der Waals surface area contributed by atoms with Crippen LogP contribution in [0.2, 0.25) is 0 Å². The van der Waals surface area contributed by atoms with Crippen molar-refractivity contribution in [2.75, 3.05) is 4.90 Å². The summed E-state index contributed by atoms with van der Waals surface area (Å²) in [6.07, 6.45) is 4.62. The summed E-state index contributed by atoms with van der Waals surface area (Å²) < 4.78 is 0. The van der Waals surface area contributed by atoms with Gasteiger partial charge in [-0.3, -0.25) is 9.69 Å².